The summed E-state index contributed by atoms with van der Waals surface area (Å²) in [7, 11) is 1.49. The quantitative estimate of drug-likeness (QED) is 0.848. The Labute approximate surface area is 124 Å². The molecule has 112 valence electrons. The van der Waals surface area contributed by atoms with Crippen LogP contribution in [-0.4, -0.2) is 19.9 Å². The maximum Gasteiger partial charge on any atom is 0.261 e. The second kappa shape index (κ2) is 6.14. The molecule has 1 rings (SSSR count). The number of carbonyl (C=O) groups excluding carboxylic acids is 1. The van der Waals surface area contributed by atoms with E-state index in [-0.39, 0.29) is 16.3 Å². The molecule has 0 fully saturated rings. The second-order valence-electron chi connectivity index (χ2n) is 5.19. The van der Waals surface area contributed by atoms with Crippen LogP contribution in [-0.2, 0) is 9.05 Å². The Morgan fingerprint density at radius 1 is 1.25 bits per heavy atom. The van der Waals surface area contributed by atoms with Gasteiger partial charge in [0.25, 0.3) is 15.0 Å². The number of carbonyl (C=O) groups is 1. The number of hydrogen-bond donors (Lipinski definition) is 1. The Morgan fingerprint density at radius 3 is 2.25 bits per heavy atom. The summed E-state index contributed by atoms with van der Waals surface area (Å²) in [5, 5.41) is 2.94. The first-order chi connectivity index (χ1) is 9.11. The van der Waals surface area contributed by atoms with Crippen molar-refractivity contribution < 1.29 is 13.2 Å². The molecule has 0 spiro atoms. The van der Waals surface area contributed by atoms with Gasteiger partial charge in [-0.15, -0.1) is 0 Å². The molecule has 0 aromatic heterocycles. The SMILES string of the molecule is CCC(C)(CC)NC(=O)c1cc(C)cc(S(=O)(=O)Cl)c1. The van der Waals surface area contributed by atoms with Crippen LogP contribution in [0.4, 0.5) is 0 Å². The summed E-state index contributed by atoms with van der Waals surface area (Å²) in [5.74, 6) is -0.290. The third-order valence-electron chi connectivity index (χ3n) is 3.57. The minimum Gasteiger partial charge on any atom is -0.347 e. The predicted molar refractivity (Wildman–Crippen MR) is 80.7 cm³/mol. The van der Waals surface area contributed by atoms with Crippen molar-refractivity contribution in [1.29, 1.82) is 0 Å². The Bertz CT molecular complexity index is 607. The maximum atomic E-state index is 12.3. The lowest BCUT2D eigenvalue weighted by Gasteiger charge is -2.28. The number of nitrogens with one attached hydrogen (secondary N) is 1. The summed E-state index contributed by atoms with van der Waals surface area (Å²) in [4.78, 5) is 12.2. The number of benzene rings is 1. The highest BCUT2D eigenvalue weighted by Gasteiger charge is 2.23. The van der Waals surface area contributed by atoms with Crippen molar-refractivity contribution in [2.45, 2.75) is 51.0 Å². The van der Waals surface area contributed by atoms with Gasteiger partial charge in [0.2, 0.25) is 0 Å². The number of aryl methyl sites for hydroxylation is 1. The molecule has 0 saturated carbocycles. The van der Waals surface area contributed by atoms with Gasteiger partial charge in [-0.2, -0.15) is 0 Å². The van der Waals surface area contributed by atoms with Gasteiger partial charge in [0.05, 0.1) is 4.90 Å². The van der Waals surface area contributed by atoms with Gasteiger partial charge in [0, 0.05) is 21.8 Å². The van der Waals surface area contributed by atoms with Crippen LogP contribution in [0.15, 0.2) is 23.1 Å². The van der Waals surface area contributed by atoms with Gasteiger partial charge >= 0.3 is 0 Å². The monoisotopic (exact) mass is 317 g/mol. The van der Waals surface area contributed by atoms with E-state index in [1.165, 1.54) is 12.1 Å². The highest BCUT2D eigenvalue weighted by Crippen LogP contribution is 2.20. The van der Waals surface area contributed by atoms with Crippen LogP contribution in [0.5, 0.6) is 0 Å². The molecule has 0 radical (unpaired) electrons. The van der Waals surface area contributed by atoms with E-state index >= 15 is 0 Å². The van der Waals surface area contributed by atoms with Gasteiger partial charge in [-0.05, 0) is 50.5 Å². The third-order valence-corrected chi connectivity index (χ3v) is 4.90. The van der Waals surface area contributed by atoms with Crippen molar-refractivity contribution in [2.24, 2.45) is 0 Å². The minimum absolute atomic E-state index is 0.0565. The first-order valence-electron chi connectivity index (χ1n) is 6.50. The third kappa shape index (κ3) is 4.21. The molecule has 0 aliphatic rings. The molecule has 1 aromatic rings. The highest BCUT2D eigenvalue weighted by molar-refractivity contribution is 8.13. The van der Waals surface area contributed by atoms with Crippen molar-refractivity contribution in [3.63, 3.8) is 0 Å². The zero-order chi connectivity index (χ0) is 15.6. The average Bonchev–Trinajstić information content (AvgIpc) is 2.36. The van der Waals surface area contributed by atoms with E-state index in [9.17, 15) is 13.2 Å². The van der Waals surface area contributed by atoms with Crippen LogP contribution < -0.4 is 5.32 Å². The minimum atomic E-state index is -3.84. The molecule has 0 aliphatic carbocycles. The van der Waals surface area contributed by atoms with Crippen molar-refractivity contribution in [1.82, 2.24) is 5.32 Å². The van der Waals surface area contributed by atoms with E-state index in [1.54, 1.807) is 13.0 Å². The summed E-state index contributed by atoms with van der Waals surface area (Å²) in [6.07, 6.45) is 1.59. The van der Waals surface area contributed by atoms with Gasteiger partial charge in [-0.3, -0.25) is 4.79 Å². The van der Waals surface area contributed by atoms with Crippen LogP contribution in [0.25, 0.3) is 0 Å². The normalized spacial score (nSPS) is 12.2. The first kappa shape index (κ1) is 17.0. The second-order valence-corrected chi connectivity index (χ2v) is 7.76. The molecule has 1 aromatic carbocycles. The molecular formula is C14H20ClNO3S. The number of halogens is 1. The highest BCUT2D eigenvalue weighted by atomic mass is 35.7. The summed E-state index contributed by atoms with van der Waals surface area (Å²) in [6.45, 7) is 7.67. The predicted octanol–water partition coefficient (Wildman–Crippen LogP) is 3.23. The van der Waals surface area contributed by atoms with E-state index in [4.69, 9.17) is 10.7 Å². The van der Waals surface area contributed by atoms with E-state index < -0.39 is 9.05 Å². The first-order valence-corrected chi connectivity index (χ1v) is 8.81. The Kier molecular flexibility index (Phi) is 5.21. The molecular weight excluding hydrogens is 298 g/mol. The molecule has 0 heterocycles. The zero-order valence-corrected chi connectivity index (χ0v) is 13.7. The van der Waals surface area contributed by atoms with Crippen LogP contribution >= 0.6 is 10.7 Å². The van der Waals surface area contributed by atoms with Crippen LogP contribution in [0.1, 0.15) is 49.5 Å². The molecule has 0 bridgehead atoms. The van der Waals surface area contributed by atoms with Gasteiger partial charge in [-0.1, -0.05) is 13.8 Å². The Morgan fingerprint density at radius 2 is 1.80 bits per heavy atom. The van der Waals surface area contributed by atoms with Gasteiger partial charge in [0.15, 0.2) is 0 Å². The molecule has 0 atom stereocenters. The number of amides is 1. The molecule has 0 saturated heterocycles. The summed E-state index contributed by atoms with van der Waals surface area (Å²) < 4.78 is 22.8. The van der Waals surface area contributed by atoms with Crippen LogP contribution in [0, 0.1) is 6.92 Å². The molecule has 6 heteroatoms. The fourth-order valence-corrected chi connectivity index (χ4v) is 2.65. The molecule has 0 unspecified atom stereocenters. The molecule has 1 amide bonds. The summed E-state index contributed by atoms with van der Waals surface area (Å²) in [5.41, 5.74) is 0.671. The van der Waals surface area contributed by atoms with Gasteiger partial charge in [-0.25, -0.2) is 8.42 Å². The van der Waals surface area contributed by atoms with Crippen molar-refractivity contribution in [2.75, 3.05) is 0 Å². The lowest BCUT2D eigenvalue weighted by atomic mass is 9.95. The van der Waals surface area contributed by atoms with E-state index in [0.717, 1.165) is 12.8 Å². The number of rotatable bonds is 5. The van der Waals surface area contributed by atoms with Crippen molar-refractivity contribution in [3.05, 3.63) is 29.3 Å². The standard InChI is InChI=1S/C14H20ClNO3S/c1-5-14(4,6-2)16-13(17)11-7-10(3)8-12(9-11)20(15,18)19/h7-9H,5-6H2,1-4H3,(H,16,17). The smallest absolute Gasteiger partial charge is 0.261 e. The lowest BCUT2D eigenvalue weighted by molar-refractivity contribution is 0.0900. The Hall–Kier alpha value is -1.07. The van der Waals surface area contributed by atoms with E-state index in [2.05, 4.69) is 5.32 Å². The topological polar surface area (TPSA) is 63.2 Å². The summed E-state index contributed by atoms with van der Waals surface area (Å²) >= 11 is 0. The zero-order valence-electron chi connectivity index (χ0n) is 12.2. The van der Waals surface area contributed by atoms with E-state index in [1.807, 2.05) is 20.8 Å². The fourth-order valence-electron chi connectivity index (χ4n) is 1.79. The van der Waals surface area contributed by atoms with Crippen LogP contribution in [0.3, 0.4) is 0 Å². The van der Waals surface area contributed by atoms with E-state index in [0.29, 0.717) is 11.1 Å². The molecule has 4 nitrogen and oxygen atoms in total. The fraction of sp³-hybridized carbons (Fsp3) is 0.500. The lowest BCUT2D eigenvalue weighted by Crippen LogP contribution is -2.45. The van der Waals surface area contributed by atoms with Crippen molar-refractivity contribution >= 4 is 25.6 Å². The summed E-state index contributed by atoms with van der Waals surface area (Å²) in [6, 6.07) is 4.39. The van der Waals surface area contributed by atoms with Crippen molar-refractivity contribution in [3.8, 4) is 0 Å². The number of hydrogen-bond acceptors (Lipinski definition) is 3. The van der Waals surface area contributed by atoms with Crippen LogP contribution in [0.2, 0.25) is 0 Å². The Balaban J connectivity index is 3.15. The molecule has 0 aliphatic heterocycles. The van der Waals surface area contributed by atoms with Gasteiger partial charge < -0.3 is 5.32 Å². The molecule has 20 heavy (non-hydrogen) atoms. The molecule has 1 N–H and O–H groups in total. The maximum absolute atomic E-state index is 12.3. The van der Waals surface area contributed by atoms with Gasteiger partial charge in [0.1, 0.15) is 0 Å². The largest absolute Gasteiger partial charge is 0.347 e. The average molecular weight is 318 g/mol.